The Morgan fingerprint density at radius 1 is 1.19 bits per heavy atom. The van der Waals surface area contributed by atoms with Crippen molar-refractivity contribution in [3.05, 3.63) is 74.4 Å². The Labute approximate surface area is 281 Å². The second-order valence-corrected chi connectivity index (χ2v) is 13.1. The molecule has 1 aliphatic carbocycles. The van der Waals surface area contributed by atoms with E-state index in [0.29, 0.717) is 88.3 Å². The van der Waals surface area contributed by atoms with Crippen molar-refractivity contribution in [2.45, 2.75) is 38.3 Å². The second kappa shape index (κ2) is 12.4. The van der Waals surface area contributed by atoms with Crippen LogP contribution in [0.1, 0.15) is 34.6 Å². The first-order valence-electron chi connectivity index (χ1n) is 15.2. The van der Waals surface area contributed by atoms with Crippen LogP contribution in [0.25, 0.3) is 32.2 Å². The van der Waals surface area contributed by atoms with Gasteiger partial charge in [0.15, 0.2) is 0 Å². The molecule has 0 atom stereocenters. The third-order valence-corrected chi connectivity index (χ3v) is 10.4. The molecule has 5 aromatic rings. The van der Waals surface area contributed by atoms with Crippen LogP contribution in [0.5, 0.6) is 5.75 Å². The number of halogens is 3. The van der Waals surface area contributed by atoms with Gasteiger partial charge in [0, 0.05) is 53.9 Å². The summed E-state index contributed by atoms with van der Waals surface area (Å²) in [5.41, 5.74) is 0.753. The van der Waals surface area contributed by atoms with E-state index in [1.165, 1.54) is 28.3 Å². The lowest BCUT2D eigenvalue weighted by atomic mass is 10.0. The Morgan fingerprint density at radius 3 is 2.65 bits per heavy atom. The van der Waals surface area contributed by atoms with Crippen LogP contribution >= 0.6 is 22.9 Å². The Kier molecular flexibility index (Phi) is 8.22. The van der Waals surface area contributed by atoms with Crippen LogP contribution < -0.4 is 15.2 Å². The van der Waals surface area contributed by atoms with Crippen molar-refractivity contribution in [2.24, 2.45) is 0 Å². The number of aryl methyl sites for hydroxylation is 1. The number of anilines is 1. The highest BCUT2D eigenvalue weighted by Gasteiger charge is 2.55. The van der Waals surface area contributed by atoms with Crippen LogP contribution in [-0.4, -0.2) is 80.2 Å². The number of hydrogen-bond acceptors (Lipinski definition) is 10. The van der Waals surface area contributed by atoms with Gasteiger partial charge < -0.3 is 14.7 Å². The first-order valence-corrected chi connectivity index (χ1v) is 16.5. The monoisotopic (exact) mass is 691 g/mol. The molecule has 0 bridgehead atoms. The molecular formula is C33H28ClF2N7O4S. The molecule has 4 aromatic heterocycles. The number of aromatic carboxylic acids is 1. The molecule has 0 radical (unpaired) electrons. The molecule has 2 fully saturated rings. The minimum absolute atomic E-state index is 0.0648. The quantitative estimate of drug-likeness (QED) is 0.208. The normalized spacial score (nSPS) is 16.0. The molecule has 1 aromatic carbocycles. The van der Waals surface area contributed by atoms with Crippen LogP contribution in [0.3, 0.4) is 0 Å². The van der Waals surface area contributed by atoms with Crippen LogP contribution in [0, 0.1) is 18.3 Å². The highest BCUT2D eigenvalue weighted by atomic mass is 35.5. The van der Waals surface area contributed by atoms with E-state index in [1.54, 1.807) is 36.6 Å². The number of aromatic nitrogens is 4. The van der Waals surface area contributed by atoms with Crippen molar-refractivity contribution in [3.63, 3.8) is 0 Å². The smallest absolute Gasteiger partial charge is 0.338 e. The Balaban J connectivity index is 1.15. The molecule has 2 aliphatic rings. The summed E-state index contributed by atoms with van der Waals surface area (Å²) in [6.07, 6.45) is 1.57. The predicted octanol–water partition coefficient (Wildman–Crippen LogP) is 5.60. The number of benzene rings is 1. The Hall–Kier alpha value is -4.71. The van der Waals surface area contributed by atoms with Gasteiger partial charge in [0.25, 0.3) is 12.0 Å². The molecule has 1 saturated carbocycles. The third kappa shape index (κ3) is 5.41. The van der Waals surface area contributed by atoms with Gasteiger partial charge in [-0.3, -0.25) is 19.2 Å². The topological polar surface area (TPSA) is 137 Å². The Morgan fingerprint density at radius 2 is 1.96 bits per heavy atom. The molecule has 15 heteroatoms. The standard InChI is InChI=1S/C33H28ClF2N7O4S/c1-18-40-24-16-39-29(41-8-10-42(11-9-41)33(5-6-33)32(35)36)22(15-37)26(24)30(44)43(18)12-13-47-25-3-2-19(34)14-21(25)20-4-7-38-27-23(31(45)46)17-48-28(20)27/h2-4,7,14,16-17,32H,5-6,8-13H2,1H3,(H,45,46). The molecule has 1 N–H and O–H groups in total. The largest absolute Gasteiger partial charge is 0.491 e. The molecule has 1 aliphatic heterocycles. The molecule has 7 rings (SSSR count). The molecule has 48 heavy (non-hydrogen) atoms. The maximum absolute atomic E-state index is 13.9. The predicted molar refractivity (Wildman–Crippen MR) is 178 cm³/mol. The maximum Gasteiger partial charge on any atom is 0.338 e. The number of carbonyl (C=O) groups is 1. The highest BCUT2D eigenvalue weighted by Crippen LogP contribution is 2.47. The van der Waals surface area contributed by atoms with Crippen molar-refractivity contribution in [3.8, 4) is 22.9 Å². The summed E-state index contributed by atoms with van der Waals surface area (Å²) in [6, 6.07) is 9.04. The highest BCUT2D eigenvalue weighted by molar-refractivity contribution is 7.18. The van der Waals surface area contributed by atoms with E-state index in [2.05, 4.69) is 21.0 Å². The van der Waals surface area contributed by atoms with Crippen molar-refractivity contribution in [1.29, 1.82) is 5.26 Å². The third-order valence-electron chi connectivity index (χ3n) is 9.15. The summed E-state index contributed by atoms with van der Waals surface area (Å²) in [4.78, 5) is 42.6. The van der Waals surface area contributed by atoms with E-state index in [1.807, 2.05) is 9.80 Å². The van der Waals surface area contributed by atoms with Gasteiger partial charge in [0.2, 0.25) is 0 Å². The molecule has 246 valence electrons. The number of alkyl halides is 2. The molecular weight excluding hydrogens is 664 g/mol. The number of carboxylic acid groups (broad SMARTS) is 1. The summed E-state index contributed by atoms with van der Waals surface area (Å²) < 4.78 is 35.7. The van der Waals surface area contributed by atoms with Gasteiger partial charge in [-0.15, -0.1) is 11.3 Å². The molecule has 0 spiro atoms. The van der Waals surface area contributed by atoms with Crippen LogP contribution in [0.4, 0.5) is 14.6 Å². The number of rotatable bonds is 9. The van der Waals surface area contributed by atoms with Gasteiger partial charge in [-0.25, -0.2) is 23.5 Å². The molecule has 0 amide bonds. The lowest BCUT2D eigenvalue weighted by Gasteiger charge is -2.40. The van der Waals surface area contributed by atoms with E-state index in [4.69, 9.17) is 16.3 Å². The van der Waals surface area contributed by atoms with Crippen molar-refractivity contribution in [1.82, 2.24) is 24.4 Å². The number of carboxylic acids is 1. The number of fused-ring (bicyclic) bond motifs is 2. The van der Waals surface area contributed by atoms with E-state index >= 15 is 0 Å². The SMILES string of the molecule is Cc1nc2cnc(N3CCN(C4(C(F)F)CC4)CC3)c(C#N)c2c(=O)n1CCOc1ccc(Cl)cc1-c1ccnc2c(C(=O)O)csc12. The number of hydrogen-bond donors (Lipinski definition) is 1. The van der Waals surface area contributed by atoms with E-state index in [0.717, 1.165) is 0 Å². The van der Waals surface area contributed by atoms with E-state index in [9.17, 15) is 28.7 Å². The van der Waals surface area contributed by atoms with Gasteiger partial charge in [-0.1, -0.05) is 11.6 Å². The number of ether oxygens (including phenoxy) is 1. The summed E-state index contributed by atoms with van der Waals surface area (Å²) >= 11 is 7.62. The molecule has 0 unspecified atom stereocenters. The zero-order valence-electron chi connectivity index (χ0n) is 25.6. The Bertz CT molecular complexity index is 2190. The van der Waals surface area contributed by atoms with Crippen LogP contribution in [-0.2, 0) is 6.54 Å². The van der Waals surface area contributed by atoms with Gasteiger partial charge >= 0.3 is 5.97 Å². The van der Waals surface area contributed by atoms with Gasteiger partial charge in [-0.2, -0.15) is 5.26 Å². The minimum atomic E-state index is -2.40. The first-order chi connectivity index (χ1) is 23.1. The van der Waals surface area contributed by atoms with Gasteiger partial charge in [-0.05, 0) is 44.0 Å². The van der Waals surface area contributed by atoms with E-state index in [-0.39, 0.29) is 29.7 Å². The fourth-order valence-electron chi connectivity index (χ4n) is 6.46. The number of nitriles is 1. The average molecular weight is 692 g/mol. The number of pyridine rings is 2. The summed E-state index contributed by atoms with van der Waals surface area (Å²) in [7, 11) is 0. The van der Waals surface area contributed by atoms with E-state index < -0.39 is 23.5 Å². The fourth-order valence-corrected chi connectivity index (χ4v) is 7.66. The van der Waals surface area contributed by atoms with Gasteiger partial charge in [0.05, 0.1) is 45.0 Å². The van der Waals surface area contributed by atoms with Crippen LogP contribution in [0.2, 0.25) is 5.02 Å². The van der Waals surface area contributed by atoms with Crippen LogP contribution in [0.15, 0.2) is 46.8 Å². The summed E-state index contributed by atoms with van der Waals surface area (Å²) in [5, 5.41) is 21.9. The van der Waals surface area contributed by atoms with Crippen molar-refractivity contribution >= 4 is 55.8 Å². The van der Waals surface area contributed by atoms with Crippen molar-refractivity contribution in [2.75, 3.05) is 37.7 Å². The number of thiophene rings is 1. The molecule has 11 nitrogen and oxygen atoms in total. The molecule has 5 heterocycles. The summed E-state index contributed by atoms with van der Waals surface area (Å²) in [6.45, 7) is 3.49. The average Bonchev–Trinajstić information content (AvgIpc) is 3.78. The minimum Gasteiger partial charge on any atom is -0.491 e. The number of nitrogens with zero attached hydrogens (tertiary/aromatic N) is 7. The van der Waals surface area contributed by atoms with Gasteiger partial charge in [0.1, 0.15) is 35.6 Å². The fraction of sp³-hybridized carbons (Fsp3) is 0.333. The number of piperazine rings is 1. The zero-order chi connectivity index (χ0) is 33.7. The second-order valence-electron chi connectivity index (χ2n) is 11.8. The molecule has 1 saturated heterocycles. The lowest BCUT2D eigenvalue weighted by molar-refractivity contribution is 0.00530. The zero-order valence-corrected chi connectivity index (χ0v) is 27.2. The first kappa shape index (κ1) is 31.9. The maximum atomic E-state index is 13.9. The van der Waals surface area contributed by atoms with Crippen molar-refractivity contribution < 1.29 is 23.4 Å². The summed E-state index contributed by atoms with van der Waals surface area (Å²) in [5.74, 6) is 0.155. The lowest BCUT2D eigenvalue weighted by Crippen LogP contribution is -2.54.